The minimum Gasteiger partial charge on any atom is -0.394 e. The summed E-state index contributed by atoms with van der Waals surface area (Å²) >= 11 is 0. The lowest BCUT2D eigenvalue weighted by Crippen LogP contribution is -2.37. The Morgan fingerprint density at radius 1 is 1.23 bits per heavy atom. The molecule has 124 valence electrons. The molecule has 5 heteroatoms. The van der Waals surface area contributed by atoms with Crippen LogP contribution in [-0.4, -0.2) is 49.5 Å². The Balaban J connectivity index is 1.76. The third-order valence-electron chi connectivity index (χ3n) is 4.25. The molecule has 22 heavy (non-hydrogen) atoms. The zero-order valence-electron chi connectivity index (χ0n) is 12.9. The molecule has 1 N–H and O–H groups in total. The maximum Gasteiger partial charge on any atom is 0.129 e. The summed E-state index contributed by atoms with van der Waals surface area (Å²) in [6.45, 7) is 3.91. The number of aliphatic hydroxyl groups is 1. The maximum absolute atomic E-state index is 13.6. The van der Waals surface area contributed by atoms with E-state index >= 15 is 0 Å². The number of aliphatic hydroxyl groups excluding tert-OH is 1. The Morgan fingerprint density at radius 2 is 2.00 bits per heavy atom. The van der Waals surface area contributed by atoms with E-state index in [-0.39, 0.29) is 12.2 Å². The van der Waals surface area contributed by atoms with Crippen LogP contribution in [0.1, 0.15) is 24.8 Å². The first-order valence-corrected chi connectivity index (χ1v) is 8.04. The first-order chi connectivity index (χ1) is 10.7. The lowest BCUT2D eigenvalue weighted by Gasteiger charge is -2.32. The van der Waals surface area contributed by atoms with E-state index < -0.39 is 11.6 Å². The molecule has 0 radical (unpaired) electrons. The van der Waals surface area contributed by atoms with Crippen LogP contribution in [-0.2, 0) is 11.2 Å². The van der Waals surface area contributed by atoms with Gasteiger partial charge in [0.2, 0.25) is 0 Å². The Bertz CT molecular complexity index is 436. The molecular weight excluding hydrogens is 288 g/mol. The van der Waals surface area contributed by atoms with Gasteiger partial charge >= 0.3 is 0 Å². The van der Waals surface area contributed by atoms with Gasteiger partial charge in [-0.3, -0.25) is 0 Å². The number of piperidine rings is 1. The molecule has 1 aromatic rings. The lowest BCUT2D eigenvalue weighted by atomic mass is 9.91. The van der Waals surface area contributed by atoms with Gasteiger partial charge in [-0.2, -0.15) is 0 Å². The molecule has 0 aliphatic carbocycles. The van der Waals surface area contributed by atoms with Crippen LogP contribution < -0.4 is 0 Å². The second kappa shape index (κ2) is 9.18. The summed E-state index contributed by atoms with van der Waals surface area (Å²) < 4.78 is 32.6. The minimum absolute atomic E-state index is 0.0524. The number of benzene rings is 1. The van der Waals surface area contributed by atoms with Gasteiger partial charge in [0.1, 0.15) is 11.6 Å². The van der Waals surface area contributed by atoms with Gasteiger partial charge < -0.3 is 14.7 Å². The first kappa shape index (κ1) is 17.3. The van der Waals surface area contributed by atoms with E-state index in [9.17, 15) is 8.78 Å². The van der Waals surface area contributed by atoms with Crippen LogP contribution in [0.4, 0.5) is 8.78 Å². The van der Waals surface area contributed by atoms with E-state index in [2.05, 4.69) is 4.90 Å². The average Bonchev–Trinajstić information content (AvgIpc) is 2.52. The third-order valence-corrected chi connectivity index (χ3v) is 4.25. The van der Waals surface area contributed by atoms with Gasteiger partial charge in [-0.05, 0) is 50.3 Å². The molecule has 0 saturated carbocycles. The van der Waals surface area contributed by atoms with Crippen molar-refractivity contribution in [2.45, 2.75) is 25.7 Å². The van der Waals surface area contributed by atoms with Crippen LogP contribution in [0.5, 0.6) is 0 Å². The zero-order chi connectivity index (χ0) is 15.8. The molecule has 1 heterocycles. The summed E-state index contributed by atoms with van der Waals surface area (Å²) in [5.41, 5.74) is 0.214. The number of likely N-dealkylation sites (tertiary alicyclic amines) is 1. The Kier molecular flexibility index (Phi) is 7.22. The SMILES string of the molecule is OCCOCCN1CCCC(CCc2c(F)cccc2F)C1. The zero-order valence-corrected chi connectivity index (χ0v) is 12.9. The Morgan fingerprint density at radius 3 is 2.73 bits per heavy atom. The van der Waals surface area contributed by atoms with E-state index in [1.807, 2.05) is 0 Å². The fourth-order valence-corrected chi connectivity index (χ4v) is 3.07. The van der Waals surface area contributed by atoms with Crippen LogP contribution in [0.25, 0.3) is 0 Å². The standard InChI is InChI=1S/C17H25F2NO2/c18-16-4-1-5-17(19)15(16)7-6-14-3-2-8-20(13-14)9-11-22-12-10-21/h1,4-5,14,21H,2-3,6-13H2. The van der Waals surface area contributed by atoms with E-state index in [1.54, 1.807) is 0 Å². The third kappa shape index (κ3) is 5.30. The van der Waals surface area contributed by atoms with Crippen molar-refractivity contribution < 1.29 is 18.6 Å². The highest BCUT2D eigenvalue weighted by molar-refractivity contribution is 5.19. The summed E-state index contributed by atoms with van der Waals surface area (Å²) in [5, 5.41) is 8.67. The number of hydrogen-bond acceptors (Lipinski definition) is 3. The largest absolute Gasteiger partial charge is 0.394 e. The highest BCUT2D eigenvalue weighted by Crippen LogP contribution is 2.23. The lowest BCUT2D eigenvalue weighted by molar-refractivity contribution is 0.0618. The predicted molar refractivity (Wildman–Crippen MR) is 81.7 cm³/mol. The van der Waals surface area contributed by atoms with Crippen LogP contribution in [0, 0.1) is 17.6 Å². The first-order valence-electron chi connectivity index (χ1n) is 8.04. The van der Waals surface area contributed by atoms with Crippen LogP contribution in [0.3, 0.4) is 0 Å². The van der Waals surface area contributed by atoms with E-state index in [1.165, 1.54) is 18.2 Å². The van der Waals surface area contributed by atoms with Gasteiger partial charge in [0.15, 0.2) is 0 Å². The number of halogens is 2. The molecule has 0 bridgehead atoms. The van der Waals surface area contributed by atoms with Gasteiger partial charge in [-0.25, -0.2) is 8.78 Å². The molecular formula is C17H25F2NO2. The highest BCUT2D eigenvalue weighted by Gasteiger charge is 2.20. The van der Waals surface area contributed by atoms with Crippen LogP contribution >= 0.6 is 0 Å². The molecule has 0 amide bonds. The normalized spacial score (nSPS) is 19.5. The molecule has 1 unspecified atom stereocenters. The van der Waals surface area contributed by atoms with Crippen molar-refractivity contribution in [2.75, 3.05) is 39.5 Å². The quantitative estimate of drug-likeness (QED) is 0.749. The number of nitrogens with zero attached hydrogens (tertiary/aromatic N) is 1. The molecule has 1 fully saturated rings. The molecule has 3 nitrogen and oxygen atoms in total. The maximum atomic E-state index is 13.6. The minimum atomic E-state index is -0.440. The fraction of sp³-hybridized carbons (Fsp3) is 0.647. The summed E-state index contributed by atoms with van der Waals surface area (Å²) in [4.78, 5) is 2.34. The monoisotopic (exact) mass is 313 g/mol. The van der Waals surface area contributed by atoms with Gasteiger partial charge in [0, 0.05) is 18.7 Å². The van der Waals surface area contributed by atoms with Gasteiger partial charge in [-0.15, -0.1) is 0 Å². The highest BCUT2D eigenvalue weighted by atomic mass is 19.1. The van der Waals surface area contributed by atoms with Crippen molar-refractivity contribution in [3.8, 4) is 0 Å². The van der Waals surface area contributed by atoms with Gasteiger partial charge in [0.05, 0.1) is 19.8 Å². The number of ether oxygens (including phenoxy) is 1. The van der Waals surface area contributed by atoms with Crippen molar-refractivity contribution in [3.63, 3.8) is 0 Å². The van der Waals surface area contributed by atoms with E-state index in [4.69, 9.17) is 9.84 Å². The predicted octanol–water partition coefficient (Wildman–Crippen LogP) is 2.62. The van der Waals surface area contributed by atoms with Crippen molar-refractivity contribution in [3.05, 3.63) is 35.4 Å². The van der Waals surface area contributed by atoms with Gasteiger partial charge in [0.25, 0.3) is 0 Å². The second-order valence-corrected chi connectivity index (χ2v) is 5.88. The van der Waals surface area contributed by atoms with Crippen molar-refractivity contribution in [1.29, 1.82) is 0 Å². The molecule has 0 aromatic heterocycles. The summed E-state index contributed by atoms with van der Waals surface area (Å²) in [5.74, 6) is -0.402. The van der Waals surface area contributed by atoms with Gasteiger partial charge in [-0.1, -0.05) is 6.07 Å². The smallest absolute Gasteiger partial charge is 0.129 e. The van der Waals surface area contributed by atoms with Crippen LogP contribution in [0.15, 0.2) is 18.2 Å². The van der Waals surface area contributed by atoms with E-state index in [0.717, 1.165) is 38.9 Å². The Labute approximate surface area is 130 Å². The summed E-state index contributed by atoms with van der Waals surface area (Å²) in [6.07, 6.45) is 3.50. The average molecular weight is 313 g/mol. The van der Waals surface area contributed by atoms with Crippen molar-refractivity contribution in [2.24, 2.45) is 5.92 Å². The van der Waals surface area contributed by atoms with Crippen molar-refractivity contribution >= 4 is 0 Å². The number of hydrogen-bond donors (Lipinski definition) is 1. The van der Waals surface area contributed by atoms with E-state index in [0.29, 0.717) is 25.6 Å². The Hall–Kier alpha value is -1.04. The molecule has 1 aliphatic rings. The second-order valence-electron chi connectivity index (χ2n) is 5.88. The molecule has 1 saturated heterocycles. The molecule has 2 rings (SSSR count). The molecule has 0 spiro atoms. The topological polar surface area (TPSA) is 32.7 Å². The van der Waals surface area contributed by atoms with Crippen LogP contribution in [0.2, 0.25) is 0 Å². The summed E-state index contributed by atoms with van der Waals surface area (Å²) in [6, 6.07) is 4.05. The number of rotatable bonds is 8. The molecule has 1 atom stereocenters. The van der Waals surface area contributed by atoms with Crippen molar-refractivity contribution in [1.82, 2.24) is 4.90 Å². The molecule has 1 aromatic carbocycles. The fourth-order valence-electron chi connectivity index (χ4n) is 3.07. The summed E-state index contributed by atoms with van der Waals surface area (Å²) in [7, 11) is 0. The molecule has 1 aliphatic heterocycles.